The highest BCUT2D eigenvalue weighted by Crippen LogP contribution is 2.27. The lowest BCUT2D eigenvalue weighted by Crippen LogP contribution is -2.33. The molecule has 128 valence electrons. The highest BCUT2D eigenvalue weighted by molar-refractivity contribution is 6.80. The molecule has 0 saturated carbocycles. The van der Waals surface area contributed by atoms with Gasteiger partial charge in [-0.25, -0.2) is 0 Å². The summed E-state index contributed by atoms with van der Waals surface area (Å²) in [6.45, 7) is 17.1. The summed E-state index contributed by atoms with van der Waals surface area (Å²) < 4.78 is 0. The predicted octanol–water partition coefficient (Wildman–Crippen LogP) is 6.37. The van der Waals surface area contributed by atoms with Gasteiger partial charge < -0.3 is 5.32 Å². The molecular weight excluding hydrogens is 286 g/mol. The number of hydrogen-bond donors (Lipinski definition) is 1. The zero-order chi connectivity index (χ0) is 16.2. The van der Waals surface area contributed by atoms with Crippen molar-refractivity contribution in [2.45, 2.75) is 103 Å². The molecule has 0 aromatic heterocycles. The van der Waals surface area contributed by atoms with Crippen molar-refractivity contribution >= 4 is 16.1 Å². The van der Waals surface area contributed by atoms with Gasteiger partial charge in [-0.3, -0.25) is 0 Å². The molecule has 0 unspecified atom stereocenters. The van der Waals surface area contributed by atoms with Crippen molar-refractivity contribution in [2.24, 2.45) is 0 Å². The Bertz CT molecular complexity index is 195. The predicted molar refractivity (Wildman–Crippen MR) is 106 cm³/mol. The molecule has 1 nitrogen and oxygen atoms in total. The van der Waals surface area contributed by atoms with Crippen LogP contribution >= 0.6 is 0 Å². The van der Waals surface area contributed by atoms with E-state index in [2.05, 4.69) is 46.9 Å². The van der Waals surface area contributed by atoms with Crippen LogP contribution in [-0.4, -0.2) is 29.2 Å². The summed E-state index contributed by atoms with van der Waals surface area (Å²) in [5, 5.41) is 3.72. The van der Waals surface area contributed by atoms with Crippen LogP contribution in [0.3, 0.4) is 0 Å². The van der Waals surface area contributed by atoms with E-state index in [0.29, 0.717) is 0 Å². The van der Waals surface area contributed by atoms with Crippen LogP contribution < -0.4 is 5.32 Å². The molecule has 3 heteroatoms. The second-order valence-corrected chi connectivity index (χ2v) is 18.3. The summed E-state index contributed by atoms with van der Waals surface area (Å²) in [4.78, 5) is 0. The fourth-order valence-corrected chi connectivity index (χ4v) is 10.8. The largest absolute Gasteiger partial charge is 0.317 e. The topological polar surface area (TPSA) is 12.0 Å². The molecule has 21 heavy (non-hydrogen) atoms. The van der Waals surface area contributed by atoms with Gasteiger partial charge in [-0.05, 0) is 25.9 Å². The first-order valence-electron chi connectivity index (χ1n) is 9.78. The van der Waals surface area contributed by atoms with Crippen molar-refractivity contribution in [1.29, 1.82) is 0 Å². The maximum absolute atomic E-state index is 3.72. The lowest BCUT2D eigenvalue weighted by Gasteiger charge is -2.28. The van der Waals surface area contributed by atoms with Crippen molar-refractivity contribution in [1.82, 2.24) is 5.32 Å². The summed E-state index contributed by atoms with van der Waals surface area (Å²) in [7, 11) is -1.73. The second-order valence-electron chi connectivity index (χ2n) is 7.08. The maximum atomic E-state index is 3.72. The first-order chi connectivity index (χ1) is 10.1. The maximum Gasteiger partial charge on any atom is 0.0528 e. The fourth-order valence-electron chi connectivity index (χ4n) is 3.86. The lowest BCUT2D eigenvalue weighted by atomic mass is 10.4. The minimum atomic E-state index is -0.866. The van der Waals surface area contributed by atoms with Crippen LogP contribution in [0.5, 0.6) is 0 Å². The van der Waals surface area contributed by atoms with Gasteiger partial charge in [-0.15, -0.1) is 0 Å². The Hall–Kier alpha value is 0.394. The van der Waals surface area contributed by atoms with Crippen LogP contribution in [0.2, 0.25) is 48.4 Å². The summed E-state index contributed by atoms with van der Waals surface area (Å²) in [5.41, 5.74) is 0. The molecule has 0 aliphatic rings. The van der Waals surface area contributed by atoms with Crippen molar-refractivity contribution in [3.05, 3.63) is 0 Å². The monoisotopic (exact) mass is 329 g/mol. The van der Waals surface area contributed by atoms with Crippen LogP contribution in [0.15, 0.2) is 0 Å². The van der Waals surface area contributed by atoms with Gasteiger partial charge in [-0.2, -0.15) is 0 Å². The third-order valence-corrected chi connectivity index (χ3v) is 18.4. The van der Waals surface area contributed by atoms with Crippen LogP contribution in [0.1, 0.15) is 54.4 Å². The third-order valence-electron chi connectivity index (χ3n) is 6.62. The quantitative estimate of drug-likeness (QED) is 0.288. The van der Waals surface area contributed by atoms with E-state index >= 15 is 0 Å². The first-order valence-corrected chi connectivity index (χ1v) is 15.4. The second kappa shape index (κ2) is 11.9. The van der Waals surface area contributed by atoms with Crippen LogP contribution in [0, 0.1) is 0 Å². The van der Waals surface area contributed by atoms with Crippen LogP contribution in [0.4, 0.5) is 0 Å². The number of rotatable bonds is 14. The molecule has 0 spiro atoms. The summed E-state index contributed by atoms with van der Waals surface area (Å²) in [6.07, 6.45) is 2.83. The summed E-state index contributed by atoms with van der Waals surface area (Å²) in [6, 6.07) is 12.0. The van der Waals surface area contributed by atoms with Crippen LogP contribution in [-0.2, 0) is 0 Å². The molecule has 0 radical (unpaired) electrons. The van der Waals surface area contributed by atoms with Gasteiger partial charge in [0.15, 0.2) is 0 Å². The Balaban J connectivity index is 3.78. The highest BCUT2D eigenvalue weighted by atomic mass is 28.3. The molecule has 0 saturated heterocycles. The van der Waals surface area contributed by atoms with Crippen LogP contribution in [0.25, 0.3) is 0 Å². The normalized spacial score (nSPS) is 12.9. The Morgan fingerprint density at radius 2 is 0.810 bits per heavy atom. The van der Waals surface area contributed by atoms with E-state index in [1.807, 2.05) is 0 Å². The van der Waals surface area contributed by atoms with Gasteiger partial charge in [0.1, 0.15) is 0 Å². The Morgan fingerprint density at radius 3 is 1.05 bits per heavy atom. The average molecular weight is 330 g/mol. The molecule has 0 aromatic rings. The summed E-state index contributed by atoms with van der Waals surface area (Å²) in [5.74, 6) is 0. The lowest BCUT2D eigenvalue weighted by molar-refractivity contribution is 0.652. The van der Waals surface area contributed by atoms with E-state index in [1.165, 1.54) is 62.2 Å². The van der Waals surface area contributed by atoms with E-state index in [0.717, 1.165) is 0 Å². The third kappa shape index (κ3) is 7.47. The Labute approximate surface area is 137 Å². The van der Waals surface area contributed by atoms with Gasteiger partial charge >= 0.3 is 0 Å². The smallest absolute Gasteiger partial charge is 0.0528 e. The minimum absolute atomic E-state index is 0.866. The molecule has 0 heterocycles. The molecule has 0 aliphatic heterocycles. The standard InChI is InChI=1S/C18H43NSi2/c1-7-20(8-2,9-3)17-13-15-19-16-14-18-21(10-4,11-5)12-6/h19H,7-18H2,1-6H3. The number of nitrogens with one attached hydrogen (secondary N) is 1. The van der Waals surface area contributed by atoms with Gasteiger partial charge in [0.2, 0.25) is 0 Å². The Kier molecular flexibility index (Phi) is 12.1. The van der Waals surface area contributed by atoms with Crippen molar-refractivity contribution in [3.8, 4) is 0 Å². The molecule has 1 N–H and O–H groups in total. The van der Waals surface area contributed by atoms with E-state index in [1.54, 1.807) is 12.1 Å². The molecule has 0 atom stereocenters. The molecule has 0 amide bonds. The molecular formula is C18H43NSi2. The van der Waals surface area contributed by atoms with E-state index in [9.17, 15) is 0 Å². The van der Waals surface area contributed by atoms with E-state index < -0.39 is 16.1 Å². The minimum Gasteiger partial charge on any atom is -0.317 e. The average Bonchev–Trinajstić information content (AvgIpc) is 2.55. The van der Waals surface area contributed by atoms with Gasteiger partial charge in [0, 0.05) is 0 Å². The first kappa shape index (κ1) is 21.4. The van der Waals surface area contributed by atoms with Crippen molar-refractivity contribution in [3.63, 3.8) is 0 Å². The SMILES string of the molecule is CC[Si](CC)(CC)CCCNCCC[Si](CC)(CC)CC. The Morgan fingerprint density at radius 1 is 0.524 bits per heavy atom. The van der Waals surface area contributed by atoms with E-state index in [4.69, 9.17) is 0 Å². The molecule has 0 fully saturated rings. The fraction of sp³-hybridized carbons (Fsp3) is 1.00. The van der Waals surface area contributed by atoms with Crippen molar-refractivity contribution in [2.75, 3.05) is 13.1 Å². The highest BCUT2D eigenvalue weighted by Gasteiger charge is 2.26. The van der Waals surface area contributed by atoms with Gasteiger partial charge in [0.05, 0.1) is 16.1 Å². The molecule has 0 bridgehead atoms. The van der Waals surface area contributed by atoms with Gasteiger partial charge in [0.25, 0.3) is 0 Å². The van der Waals surface area contributed by atoms with E-state index in [-0.39, 0.29) is 0 Å². The molecule has 0 aliphatic carbocycles. The zero-order valence-electron chi connectivity index (χ0n) is 16.0. The number of hydrogen-bond acceptors (Lipinski definition) is 1. The van der Waals surface area contributed by atoms with Gasteiger partial charge in [-0.1, -0.05) is 89.9 Å². The zero-order valence-corrected chi connectivity index (χ0v) is 18.0. The van der Waals surface area contributed by atoms with Crippen molar-refractivity contribution < 1.29 is 0 Å². The molecule has 0 rings (SSSR count). The molecule has 0 aromatic carbocycles. The summed E-state index contributed by atoms with van der Waals surface area (Å²) >= 11 is 0.